The fourth-order valence-corrected chi connectivity index (χ4v) is 2.73. The molecule has 0 aliphatic carbocycles. The van der Waals surface area contributed by atoms with E-state index < -0.39 is 0 Å². The zero-order chi connectivity index (χ0) is 14.2. The molecule has 2 aromatic rings. The molecule has 0 aliphatic rings. The maximum atomic E-state index is 5.88. The monoisotopic (exact) mass is 288 g/mol. The molecule has 2 rings (SSSR count). The molecule has 0 fully saturated rings. The molecule has 1 heterocycles. The highest BCUT2D eigenvalue weighted by atomic mass is 32.2. The van der Waals surface area contributed by atoms with E-state index in [4.69, 9.17) is 10.5 Å². The lowest BCUT2D eigenvalue weighted by atomic mass is 10.1. The van der Waals surface area contributed by atoms with E-state index in [2.05, 4.69) is 17.3 Å². The second kappa shape index (κ2) is 7.92. The first-order valence-corrected chi connectivity index (χ1v) is 7.95. The van der Waals surface area contributed by atoms with Crippen LogP contribution >= 0.6 is 11.8 Å². The lowest BCUT2D eigenvalue weighted by Gasteiger charge is -2.13. The van der Waals surface area contributed by atoms with Crippen molar-refractivity contribution >= 4 is 11.8 Å². The first kappa shape index (κ1) is 14.9. The fourth-order valence-electron chi connectivity index (χ4n) is 2.08. The molecule has 1 aromatic heterocycles. The highest BCUT2D eigenvalue weighted by Crippen LogP contribution is 2.28. The number of hydrogen-bond acceptors (Lipinski definition) is 4. The summed E-state index contributed by atoms with van der Waals surface area (Å²) in [7, 11) is 0. The van der Waals surface area contributed by atoms with Crippen molar-refractivity contribution in [2.45, 2.75) is 24.3 Å². The SMILES string of the molecule is CSc1cccc(OCCCc2ccncc2)c1CN. The fraction of sp³-hybridized carbons (Fsp3) is 0.312. The van der Waals surface area contributed by atoms with Gasteiger partial charge in [-0.1, -0.05) is 6.07 Å². The third kappa shape index (κ3) is 3.99. The summed E-state index contributed by atoms with van der Waals surface area (Å²) >= 11 is 1.70. The predicted molar refractivity (Wildman–Crippen MR) is 84.2 cm³/mol. The summed E-state index contributed by atoms with van der Waals surface area (Å²) in [5.74, 6) is 0.911. The summed E-state index contributed by atoms with van der Waals surface area (Å²) < 4.78 is 5.88. The summed E-state index contributed by atoms with van der Waals surface area (Å²) in [5, 5.41) is 0. The number of ether oxygens (including phenoxy) is 1. The first-order chi connectivity index (χ1) is 9.85. The Kier molecular flexibility index (Phi) is 5.89. The Hall–Kier alpha value is -1.52. The van der Waals surface area contributed by atoms with E-state index >= 15 is 0 Å². The second-order valence-corrected chi connectivity index (χ2v) is 5.30. The molecule has 106 valence electrons. The van der Waals surface area contributed by atoms with Crippen molar-refractivity contribution in [2.75, 3.05) is 12.9 Å². The Bertz CT molecular complexity index is 531. The van der Waals surface area contributed by atoms with Gasteiger partial charge in [0.05, 0.1) is 6.61 Å². The minimum absolute atomic E-state index is 0.511. The summed E-state index contributed by atoms with van der Waals surface area (Å²) in [6.07, 6.45) is 7.69. The molecule has 0 spiro atoms. The van der Waals surface area contributed by atoms with E-state index in [1.54, 1.807) is 11.8 Å². The van der Waals surface area contributed by atoms with E-state index in [0.717, 1.165) is 24.2 Å². The Labute approximate surface area is 124 Å². The number of aromatic nitrogens is 1. The van der Waals surface area contributed by atoms with E-state index in [1.165, 1.54) is 10.5 Å². The maximum Gasteiger partial charge on any atom is 0.124 e. The van der Waals surface area contributed by atoms with Gasteiger partial charge in [-0.3, -0.25) is 4.98 Å². The number of nitrogens with two attached hydrogens (primary N) is 1. The minimum Gasteiger partial charge on any atom is -0.493 e. The van der Waals surface area contributed by atoms with Crippen molar-refractivity contribution in [1.82, 2.24) is 4.98 Å². The summed E-state index contributed by atoms with van der Waals surface area (Å²) in [6, 6.07) is 10.2. The minimum atomic E-state index is 0.511. The van der Waals surface area contributed by atoms with Crippen molar-refractivity contribution in [2.24, 2.45) is 5.73 Å². The van der Waals surface area contributed by atoms with Crippen LogP contribution in [0.2, 0.25) is 0 Å². The molecule has 1 aromatic carbocycles. The number of nitrogens with zero attached hydrogens (tertiary/aromatic N) is 1. The molecule has 20 heavy (non-hydrogen) atoms. The average Bonchev–Trinajstić information content (AvgIpc) is 2.52. The Morgan fingerprint density at radius 2 is 2.00 bits per heavy atom. The molecule has 0 unspecified atom stereocenters. The number of aryl methyl sites for hydroxylation is 1. The van der Waals surface area contributed by atoms with Crippen molar-refractivity contribution in [1.29, 1.82) is 0 Å². The molecule has 0 saturated heterocycles. The molecule has 0 aliphatic heterocycles. The Morgan fingerprint density at radius 3 is 2.70 bits per heavy atom. The number of benzene rings is 1. The molecule has 0 atom stereocenters. The number of thioether (sulfide) groups is 1. The smallest absolute Gasteiger partial charge is 0.124 e. The van der Waals surface area contributed by atoms with Gasteiger partial charge in [0.2, 0.25) is 0 Å². The standard InChI is InChI=1S/C16H20N2OS/c1-20-16-6-2-5-15(14(16)12-17)19-11-3-4-13-7-9-18-10-8-13/h2,5-10H,3-4,11-12,17H2,1H3. The van der Waals surface area contributed by atoms with Gasteiger partial charge >= 0.3 is 0 Å². The van der Waals surface area contributed by atoms with Crippen molar-refractivity contribution in [3.8, 4) is 5.75 Å². The number of hydrogen-bond donors (Lipinski definition) is 1. The van der Waals surface area contributed by atoms with Gasteiger partial charge in [0.15, 0.2) is 0 Å². The molecule has 2 N–H and O–H groups in total. The predicted octanol–water partition coefficient (Wildman–Crippen LogP) is 3.27. The normalized spacial score (nSPS) is 10.5. The zero-order valence-corrected chi connectivity index (χ0v) is 12.5. The quantitative estimate of drug-likeness (QED) is 0.627. The third-order valence-corrected chi connectivity index (χ3v) is 3.95. The van der Waals surface area contributed by atoms with Crippen LogP contribution in [0.4, 0.5) is 0 Å². The van der Waals surface area contributed by atoms with Crippen molar-refractivity contribution in [3.63, 3.8) is 0 Å². The van der Waals surface area contributed by atoms with Crippen LogP contribution < -0.4 is 10.5 Å². The van der Waals surface area contributed by atoms with E-state index in [0.29, 0.717) is 13.2 Å². The average molecular weight is 288 g/mol. The van der Waals surface area contributed by atoms with Crippen LogP contribution in [-0.2, 0) is 13.0 Å². The molecule has 0 radical (unpaired) electrons. The van der Waals surface area contributed by atoms with E-state index in [-0.39, 0.29) is 0 Å². The topological polar surface area (TPSA) is 48.1 Å². The van der Waals surface area contributed by atoms with Crippen LogP contribution in [0.5, 0.6) is 5.75 Å². The van der Waals surface area contributed by atoms with Gasteiger partial charge in [0.25, 0.3) is 0 Å². The zero-order valence-electron chi connectivity index (χ0n) is 11.7. The van der Waals surface area contributed by atoms with Gasteiger partial charge < -0.3 is 10.5 Å². The molecule has 4 heteroatoms. The highest BCUT2D eigenvalue weighted by molar-refractivity contribution is 7.98. The molecular weight excluding hydrogens is 268 g/mol. The van der Waals surface area contributed by atoms with Gasteiger partial charge in [0, 0.05) is 29.4 Å². The van der Waals surface area contributed by atoms with Gasteiger partial charge in [0.1, 0.15) is 5.75 Å². The second-order valence-electron chi connectivity index (χ2n) is 4.45. The van der Waals surface area contributed by atoms with Crippen LogP contribution in [0, 0.1) is 0 Å². The summed E-state index contributed by atoms with van der Waals surface area (Å²) in [5.41, 5.74) is 8.22. The highest BCUT2D eigenvalue weighted by Gasteiger charge is 2.07. The van der Waals surface area contributed by atoms with E-state index in [1.807, 2.05) is 36.7 Å². The van der Waals surface area contributed by atoms with Gasteiger partial charge in [-0.25, -0.2) is 0 Å². The van der Waals surface area contributed by atoms with Crippen LogP contribution in [0.25, 0.3) is 0 Å². The lowest BCUT2D eigenvalue weighted by molar-refractivity contribution is 0.307. The first-order valence-electron chi connectivity index (χ1n) is 6.72. The summed E-state index contributed by atoms with van der Waals surface area (Å²) in [6.45, 7) is 1.21. The Balaban J connectivity index is 1.88. The number of pyridine rings is 1. The van der Waals surface area contributed by atoms with E-state index in [9.17, 15) is 0 Å². The van der Waals surface area contributed by atoms with Gasteiger partial charge in [-0.2, -0.15) is 0 Å². The van der Waals surface area contributed by atoms with Gasteiger partial charge in [-0.15, -0.1) is 11.8 Å². The summed E-state index contributed by atoms with van der Waals surface area (Å²) in [4.78, 5) is 5.21. The van der Waals surface area contributed by atoms with Crippen molar-refractivity contribution < 1.29 is 4.74 Å². The third-order valence-electron chi connectivity index (χ3n) is 3.13. The molecular formula is C16H20N2OS. The van der Waals surface area contributed by atoms with Crippen LogP contribution in [-0.4, -0.2) is 17.8 Å². The lowest BCUT2D eigenvalue weighted by Crippen LogP contribution is -2.06. The molecule has 0 saturated carbocycles. The Morgan fingerprint density at radius 1 is 1.20 bits per heavy atom. The van der Waals surface area contributed by atoms with Crippen LogP contribution in [0.15, 0.2) is 47.6 Å². The molecule has 0 amide bonds. The molecule has 3 nitrogen and oxygen atoms in total. The van der Waals surface area contributed by atoms with Crippen molar-refractivity contribution in [3.05, 3.63) is 53.9 Å². The van der Waals surface area contributed by atoms with Crippen LogP contribution in [0.3, 0.4) is 0 Å². The largest absolute Gasteiger partial charge is 0.493 e. The number of rotatable bonds is 7. The maximum absolute atomic E-state index is 5.88. The molecule has 0 bridgehead atoms. The van der Waals surface area contributed by atoms with Crippen LogP contribution in [0.1, 0.15) is 17.5 Å². The van der Waals surface area contributed by atoms with Gasteiger partial charge in [-0.05, 0) is 48.9 Å².